The minimum atomic E-state index is -0.618. The van der Waals surface area contributed by atoms with Gasteiger partial charge in [0, 0.05) is 38.3 Å². The Kier molecular flexibility index (Phi) is 6.03. The molecule has 1 aliphatic rings. The number of aliphatic hydroxyl groups is 1. The van der Waals surface area contributed by atoms with Crippen LogP contribution in [0.3, 0.4) is 0 Å². The quantitative estimate of drug-likeness (QED) is 0.772. The molecule has 0 amide bonds. The fourth-order valence-electron chi connectivity index (χ4n) is 3.12. The van der Waals surface area contributed by atoms with Crippen molar-refractivity contribution < 1.29 is 14.6 Å². The van der Waals surface area contributed by atoms with E-state index in [1.807, 2.05) is 42.4 Å². The summed E-state index contributed by atoms with van der Waals surface area (Å²) in [4.78, 5) is 14.2. The first-order valence-corrected chi connectivity index (χ1v) is 8.95. The second kappa shape index (κ2) is 8.44. The number of aromatic nitrogens is 2. The summed E-state index contributed by atoms with van der Waals surface area (Å²) >= 11 is 0. The summed E-state index contributed by atoms with van der Waals surface area (Å²) in [6.45, 7) is 1.60. The molecule has 0 aliphatic carbocycles. The fourth-order valence-corrected chi connectivity index (χ4v) is 3.12. The monoisotopic (exact) mass is 358 g/mol. The van der Waals surface area contributed by atoms with Gasteiger partial charge in [-0.15, -0.1) is 0 Å². The number of ketones is 1. The van der Waals surface area contributed by atoms with Gasteiger partial charge in [0.25, 0.3) is 0 Å². The van der Waals surface area contributed by atoms with Crippen LogP contribution in [-0.2, 0) is 11.8 Å². The van der Waals surface area contributed by atoms with Gasteiger partial charge in [-0.2, -0.15) is 5.10 Å². The lowest BCUT2D eigenvalue weighted by atomic mass is 10.1. The molecule has 7 heteroatoms. The van der Waals surface area contributed by atoms with Gasteiger partial charge in [-0.25, -0.2) is 0 Å². The van der Waals surface area contributed by atoms with Crippen LogP contribution in [0.2, 0.25) is 0 Å². The van der Waals surface area contributed by atoms with Crippen LogP contribution in [0.1, 0.15) is 19.3 Å². The molecule has 1 aliphatic heterocycles. The van der Waals surface area contributed by atoms with E-state index in [0.717, 1.165) is 11.1 Å². The van der Waals surface area contributed by atoms with Gasteiger partial charge in [0.2, 0.25) is 0 Å². The molecule has 1 aromatic carbocycles. The van der Waals surface area contributed by atoms with Crippen LogP contribution < -0.4 is 10.5 Å². The standard InChI is InChI=1S/C19H26N4O3/c1-22-13-15(12-21-22)14-3-2-4-17(11-14)26-10-7-18(25)19(20)23-8-5-16(24)6-9-23/h2-4,11-13,16,19,24H,5-10,20H2,1H3. The molecule has 1 aromatic heterocycles. The molecule has 3 rings (SSSR count). The van der Waals surface area contributed by atoms with Crippen LogP contribution in [0.15, 0.2) is 36.7 Å². The summed E-state index contributed by atoms with van der Waals surface area (Å²) in [6.07, 6.45) is 4.44. The summed E-state index contributed by atoms with van der Waals surface area (Å²) in [6, 6.07) is 7.73. The average Bonchev–Trinajstić information content (AvgIpc) is 3.08. The Morgan fingerprint density at radius 2 is 2.15 bits per heavy atom. The molecule has 0 spiro atoms. The van der Waals surface area contributed by atoms with Crippen molar-refractivity contribution in [2.24, 2.45) is 12.8 Å². The Bertz CT molecular complexity index is 738. The highest BCUT2D eigenvalue weighted by Gasteiger charge is 2.25. The highest BCUT2D eigenvalue weighted by Crippen LogP contribution is 2.23. The largest absolute Gasteiger partial charge is 0.493 e. The number of hydrogen-bond donors (Lipinski definition) is 2. The van der Waals surface area contributed by atoms with Crippen molar-refractivity contribution in [1.29, 1.82) is 0 Å². The molecule has 26 heavy (non-hydrogen) atoms. The van der Waals surface area contributed by atoms with Gasteiger partial charge >= 0.3 is 0 Å². The summed E-state index contributed by atoms with van der Waals surface area (Å²) in [5.41, 5.74) is 8.09. The lowest BCUT2D eigenvalue weighted by Gasteiger charge is -2.33. The normalized spacial score (nSPS) is 17.2. The Hall–Kier alpha value is -2.22. The van der Waals surface area contributed by atoms with Gasteiger partial charge in [-0.05, 0) is 30.5 Å². The SMILES string of the molecule is Cn1cc(-c2cccc(OCCC(=O)C(N)N3CCC(O)CC3)c2)cn1. The summed E-state index contributed by atoms with van der Waals surface area (Å²) in [5, 5.41) is 13.7. The zero-order valence-corrected chi connectivity index (χ0v) is 15.0. The maximum absolute atomic E-state index is 12.3. The maximum atomic E-state index is 12.3. The number of benzene rings is 1. The number of aliphatic hydroxyl groups excluding tert-OH is 1. The van der Waals surface area contributed by atoms with Crippen LogP contribution in [0.25, 0.3) is 11.1 Å². The first kappa shape index (κ1) is 18.6. The second-order valence-electron chi connectivity index (χ2n) is 6.71. The number of carbonyl (C=O) groups excluding carboxylic acids is 1. The Morgan fingerprint density at radius 1 is 1.38 bits per heavy atom. The predicted octanol–water partition coefficient (Wildman–Crippen LogP) is 1.17. The van der Waals surface area contributed by atoms with E-state index in [1.165, 1.54) is 0 Å². The Labute approximate surface area is 153 Å². The van der Waals surface area contributed by atoms with Crippen molar-refractivity contribution in [1.82, 2.24) is 14.7 Å². The molecule has 140 valence electrons. The van der Waals surface area contributed by atoms with Crippen LogP contribution in [0, 0.1) is 0 Å². The van der Waals surface area contributed by atoms with E-state index < -0.39 is 6.17 Å². The molecule has 3 N–H and O–H groups in total. The first-order chi connectivity index (χ1) is 12.5. The van der Waals surface area contributed by atoms with Gasteiger partial charge in [0.1, 0.15) is 11.9 Å². The number of aryl methyl sites for hydroxylation is 1. The van der Waals surface area contributed by atoms with E-state index in [1.54, 1.807) is 10.9 Å². The number of piperidine rings is 1. The fraction of sp³-hybridized carbons (Fsp3) is 0.474. The number of ether oxygens (including phenoxy) is 1. The van der Waals surface area contributed by atoms with E-state index in [0.29, 0.717) is 38.3 Å². The highest BCUT2D eigenvalue weighted by atomic mass is 16.5. The van der Waals surface area contributed by atoms with Gasteiger partial charge < -0.3 is 15.6 Å². The molecular formula is C19H26N4O3. The molecule has 1 unspecified atom stereocenters. The van der Waals surface area contributed by atoms with Gasteiger partial charge in [0.15, 0.2) is 5.78 Å². The molecule has 2 aromatic rings. The maximum Gasteiger partial charge on any atom is 0.167 e. The van der Waals surface area contributed by atoms with Crippen molar-refractivity contribution in [3.05, 3.63) is 36.7 Å². The zero-order chi connectivity index (χ0) is 18.5. The topological polar surface area (TPSA) is 93.6 Å². The molecule has 0 bridgehead atoms. The van der Waals surface area contributed by atoms with Gasteiger partial charge in [0.05, 0.1) is 18.9 Å². The molecule has 0 radical (unpaired) electrons. The number of rotatable bonds is 7. The Morgan fingerprint density at radius 3 is 2.85 bits per heavy atom. The minimum Gasteiger partial charge on any atom is -0.493 e. The average molecular weight is 358 g/mol. The van der Waals surface area contributed by atoms with Crippen LogP contribution >= 0.6 is 0 Å². The number of nitrogens with two attached hydrogens (primary N) is 1. The third kappa shape index (κ3) is 4.69. The van der Waals surface area contributed by atoms with Crippen molar-refractivity contribution in [2.45, 2.75) is 31.5 Å². The van der Waals surface area contributed by atoms with E-state index in [2.05, 4.69) is 5.10 Å². The molecule has 0 saturated carbocycles. The van der Waals surface area contributed by atoms with E-state index in [4.69, 9.17) is 10.5 Å². The number of likely N-dealkylation sites (tertiary alicyclic amines) is 1. The molecule has 1 saturated heterocycles. The van der Waals surface area contributed by atoms with E-state index in [-0.39, 0.29) is 18.3 Å². The first-order valence-electron chi connectivity index (χ1n) is 8.95. The van der Waals surface area contributed by atoms with E-state index in [9.17, 15) is 9.90 Å². The van der Waals surface area contributed by atoms with Crippen LogP contribution in [-0.4, -0.2) is 57.5 Å². The smallest absolute Gasteiger partial charge is 0.167 e. The molecule has 7 nitrogen and oxygen atoms in total. The summed E-state index contributed by atoms with van der Waals surface area (Å²) in [5.74, 6) is 0.679. The molecular weight excluding hydrogens is 332 g/mol. The second-order valence-corrected chi connectivity index (χ2v) is 6.71. The van der Waals surface area contributed by atoms with Crippen molar-refractivity contribution in [3.63, 3.8) is 0 Å². The number of nitrogens with zero attached hydrogens (tertiary/aromatic N) is 3. The number of hydrogen-bond acceptors (Lipinski definition) is 6. The third-order valence-electron chi connectivity index (χ3n) is 4.71. The lowest BCUT2D eigenvalue weighted by Crippen LogP contribution is -2.51. The molecule has 2 heterocycles. The van der Waals surface area contributed by atoms with Crippen LogP contribution in [0.4, 0.5) is 0 Å². The minimum absolute atomic E-state index is 0.0372. The molecule has 1 fully saturated rings. The van der Waals surface area contributed by atoms with Crippen molar-refractivity contribution >= 4 is 5.78 Å². The summed E-state index contributed by atoms with van der Waals surface area (Å²) in [7, 11) is 1.88. The van der Waals surface area contributed by atoms with E-state index >= 15 is 0 Å². The zero-order valence-electron chi connectivity index (χ0n) is 15.0. The predicted molar refractivity (Wildman–Crippen MR) is 98.6 cm³/mol. The summed E-state index contributed by atoms with van der Waals surface area (Å²) < 4.78 is 7.49. The number of Topliss-reactive ketones (excluding diaryl/α,β-unsaturated/α-hetero) is 1. The highest BCUT2D eigenvalue weighted by molar-refractivity contribution is 5.83. The van der Waals surface area contributed by atoms with Gasteiger partial charge in [-0.1, -0.05) is 12.1 Å². The van der Waals surface area contributed by atoms with Gasteiger partial charge in [-0.3, -0.25) is 14.4 Å². The lowest BCUT2D eigenvalue weighted by molar-refractivity contribution is -0.125. The van der Waals surface area contributed by atoms with Crippen molar-refractivity contribution in [2.75, 3.05) is 19.7 Å². The van der Waals surface area contributed by atoms with Crippen molar-refractivity contribution in [3.8, 4) is 16.9 Å². The Balaban J connectivity index is 1.49. The number of carbonyl (C=O) groups is 1. The van der Waals surface area contributed by atoms with Crippen LogP contribution in [0.5, 0.6) is 5.75 Å². The third-order valence-corrected chi connectivity index (χ3v) is 4.71. The molecule has 1 atom stereocenters.